The smallest absolute Gasteiger partial charge is 0.0132 e. The van der Waals surface area contributed by atoms with Crippen LogP contribution in [0.15, 0.2) is 60.7 Å². The molecule has 0 heterocycles. The van der Waals surface area contributed by atoms with Crippen LogP contribution in [0, 0.1) is 0 Å². The highest BCUT2D eigenvalue weighted by atomic mass is 14.2. The third kappa shape index (κ3) is 3.32. The molecule has 0 nitrogen and oxygen atoms in total. The summed E-state index contributed by atoms with van der Waals surface area (Å²) in [5.41, 5.74) is 5.56. The fourth-order valence-corrected chi connectivity index (χ4v) is 2.97. The van der Waals surface area contributed by atoms with Crippen molar-refractivity contribution in [3.63, 3.8) is 0 Å². The molecule has 0 radical (unpaired) electrons. The van der Waals surface area contributed by atoms with Gasteiger partial charge in [-0.2, -0.15) is 0 Å². The normalized spacial score (nSPS) is 12.1. The second kappa shape index (κ2) is 5.85. The van der Waals surface area contributed by atoms with E-state index in [0.29, 0.717) is 5.92 Å². The zero-order chi connectivity index (χ0) is 16.6. The maximum atomic E-state index is 2.31. The lowest BCUT2D eigenvalue weighted by molar-refractivity contribution is 0.590. The van der Waals surface area contributed by atoms with Crippen LogP contribution in [0.4, 0.5) is 0 Å². The Balaban J connectivity index is 1.98. The van der Waals surface area contributed by atoms with Gasteiger partial charge >= 0.3 is 0 Å². The van der Waals surface area contributed by atoms with Crippen LogP contribution in [0.1, 0.15) is 51.7 Å². The first-order valence-electron chi connectivity index (χ1n) is 8.49. The van der Waals surface area contributed by atoms with Gasteiger partial charge in [-0.15, -0.1) is 0 Å². The minimum atomic E-state index is 0.204. The van der Waals surface area contributed by atoms with E-state index in [4.69, 9.17) is 0 Å². The van der Waals surface area contributed by atoms with Gasteiger partial charge in [0.2, 0.25) is 0 Å². The molecule has 118 valence electrons. The number of hydrogen-bond donors (Lipinski definition) is 0. The van der Waals surface area contributed by atoms with Gasteiger partial charge in [-0.25, -0.2) is 0 Å². The van der Waals surface area contributed by atoms with Gasteiger partial charge in [0.05, 0.1) is 0 Å². The van der Waals surface area contributed by atoms with Crippen molar-refractivity contribution in [1.29, 1.82) is 0 Å². The molecule has 3 rings (SSSR count). The Morgan fingerprint density at radius 1 is 0.652 bits per heavy atom. The molecule has 0 aliphatic carbocycles. The molecule has 0 atom stereocenters. The van der Waals surface area contributed by atoms with Crippen LogP contribution in [0.2, 0.25) is 0 Å². The van der Waals surface area contributed by atoms with Crippen molar-refractivity contribution < 1.29 is 0 Å². The zero-order valence-electron chi connectivity index (χ0n) is 14.9. The van der Waals surface area contributed by atoms with Gasteiger partial charge in [-0.1, -0.05) is 89.2 Å². The molecule has 0 amide bonds. The summed E-state index contributed by atoms with van der Waals surface area (Å²) in [6.07, 6.45) is 0. The van der Waals surface area contributed by atoms with E-state index in [0.717, 1.165) is 0 Å². The highest BCUT2D eigenvalue weighted by molar-refractivity contribution is 5.88. The highest BCUT2D eigenvalue weighted by Crippen LogP contribution is 2.29. The second-order valence-electron chi connectivity index (χ2n) is 7.80. The molecule has 0 aliphatic heterocycles. The van der Waals surface area contributed by atoms with E-state index in [-0.39, 0.29) is 5.41 Å². The maximum Gasteiger partial charge on any atom is -0.0132 e. The van der Waals surface area contributed by atoms with Crippen molar-refractivity contribution in [2.45, 2.75) is 46.0 Å². The number of hydrogen-bond acceptors (Lipinski definition) is 0. The quantitative estimate of drug-likeness (QED) is 0.481. The number of benzene rings is 3. The molecule has 0 bridgehead atoms. The predicted molar refractivity (Wildman–Crippen MR) is 102 cm³/mol. The number of rotatable bonds is 2. The lowest BCUT2D eigenvalue weighted by atomic mass is 9.86. The summed E-state index contributed by atoms with van der Waals surface area (Å²) >= 11 is 0. The van der Waals surface area contributed by atoms with Crippen LogP contribution in [0.25, 0.3) is 21.9 Å². The van der Waals surface area contributed by atoms with Gasteiger partial charge in [0.1, 0.15) is 0 Å². The van der Waals surface area contributed by atoms with Crippen molar-refractivity contribution in [3.05, 3.63) is 71.8 Å². The number of fused-ring (bicyclic) bond motifs is 1. The molecular weight excluding hydrogens is 276 g/mol. The molecule has 3 aromatic carbocycles. The molecule has 0 unspecified atom stereocenters. The Labute approximate surface area is 140 Å². The van der Waals surface area contributed by atoms with E-state index in [1.165, 1.54) is 33.0 Å². The lowest BCUT2D eigenvalue weighted by Gasteiger charge is -2.19. The standard InChI is InChI=1S/C23H26/c1-16(2)18-6-7-21-15-19(8-9-20(21)14-18)17-10-12-22(13-11-17)23(3,4)5/h6-16H,1-5H3. The fourth-order valence-electron chi connectivity index (χ4n) is 2.97. The SMILES string of the molecule is CC(C)c1ccc2cc(-c3ccc(C(C)(C)C)cc3)ccc2c1. The summed E-state index contributed by atoms with van der Waals surface area (Å²) in [6.45, 7) is 11.2. The maximum absolute atomic E-state index is 2.31. The average molecular weight is 302 g/mol. The molecule has 0 N–H and O–H groups in total. The zero-order valence-corrected chi connectivity index (χ0v) is 14.9. The molecule has 0 aliphatic rings. The van der Waals surface area contributed by atoms with E-state index < -0.39 is 0 Å². The van der Waals surface area contributed by atoms with Crippen LogP contribution in [-0.2, 0) is 5.41 Å². The van der Waals surface area contributed by atoms with Crippen molar-refractivity contribution >= 4 is 10.8 Å². The Kier molecular flexibility index (Phi) is 4.02. The predicted octanol–water partition coefficient (Wildman–Crippen LogP) is 6.93. The Morgan fingerprint density at radius 2 is 1.22 bits per heavy atom. The van der Waals surface area contributed by atoms with Crippen LogP contribution in [-0.4, -0.2) is 0 Å². The molecule has 0 fully saturated rings. The van der Waals surface area contributed by atoms with E-state index in [2.05, 4.69) is 95.3 Å². The van der Waals surface area contributed by atoms with Crippen molar-refractivity contribution in [1.82, 2.24) is 0 Å². The van der Waals surface area contributed by atoms with Gasteiger partial charge in [-0.3, -0.25) is 0 Å². The van der Waals surface area contributed by atoms with Crippen molar-refractivity contribution in [2.75, 3.05) is 0 Å². The van der Waals surface area contributed by atoms with Gasteiger partial charge < -0.3 is 0 Å². The minimum Gasteiger partial charge on any atom is -0.0587 e. The van der Waals surface area contributed by atoms with Gasteiger partial charge in [0, 0.05) is 0 Å². The molecule has 3 aromatic rings. The van der Waals surface area contributed by atoms with Crippen LogP contribution >= 0.6 is 0 Å². The summed E-state index contributed by atoms with van der Waals surface area (Å²) in [5, 5.41) is 2.64. The van der Waals surface area contributed by atoms with Crippen LogP contribution in [0.3, 0.4) is 0 Å². The first-order valence-corrected chi connectivity index (χ1v) is 8.49. The summed E-state index contributed by atoms with van der Waals surface area (Å²) < 4.78 is 0. The molecule has 0 heteroatoms. The fraction of sp³-hybridized carbons (Fsp3) is 0.304. The van der Waals surface area contributed by atoms with E-state index in [1.807, 2.05) is 0 Å². The highest BCUT2D eigenvalue weighted by Gasteiger charge is 2.13. The molecule has 23 heavy (non-hydrogen) atoms. The van der Waals surface area contributed by atoms with E-state index in [1.54, 1.807) is 0 Å². The summed E-state index contributed by atoms with van der Waals surface area (Å²) in [4.78, 5) is 0. The van der Waals surface area contributed by atoms with Crippen molar-refractivity contribution in [3.8, 4) is 11.1 Å². The van der Waals surface area contributed by atoms with Gasteiger partial charge in [0.15, 0.2) is 0 Å². The average Bonchev–Trinajstić information content (AvgIpc) is 2.53. The topological polar surface area (TPSA) is 0 Å². The Morgan fingerprint density at radius 3 is 1.83 bits per heavy atom. The Bertz CT molecular complexity index is 815. The molecular formula is C23H26. The molecule has 0 aromatic heterocycles. The summed E-state index contributed by atoms with van der Waals surface area (Å²) in [6, 6.07) is 22.6. The second-order valence-corrected chi connectivity index (χ2v) is 7.80. The van der Waals surface area contributed by atoms with Crippen molar-refractivity contribution in [2.24, 2.45) is 0 Å². The van der Waals surface area contributed by atoms with Crippen LogP contribution in [0.5, 0.6) is 0 Å². The third-order valence-electron chi connectivity index (χ3n) is 4.62. The van der Waals surface area contributed by atoms with E-state index >= 15 is 0 Å². The Hall–Kier alpha value is -2.08. The summed E-state index contributed by atoms with van der Waals surface area (Å²) in [7, 11) is 0. The first kappa shape index (κ1) is 15.8. The molecule has 0 saturated carbocycles. The van der Waals surface area contributed by atoms with E-state index in [9.17, 15) is 0 Å². The minimum absolute atomic E-state index is 0.204. The third-order valence-corrected chi connectivity index (χ3v) is 4.62. The summed E-state index contributed by atoms with van der Waals surface area (Å²) in [5.74, 6) is 0.573. The monoisotopic (exact) mass is 302 g/mol. The molecule has 0 spiro atoms. The lowest BCUT2D eigenvalue weighted by Crippen LogP contribution is -2.10. The van der Waals surface area contributed by atoms with Crippen LogP contribution < -0.4 is 0 Å². The van der Waals surface area contributed by atoms with Gasteiger partial charge in [-0.05, 0) is 50.4 Å². The first-order chi connectivity index (χ1) is 10.8. The molecule has 0 saturated heterocycles. The van der Waals surface area contributed by atoms with Gasteiger partial charge in [0.25, 0.3) is 0 Å². The largest absolute Gasteiger partial charge is 0.0587 e.